The van der Waals surface area contributed by atoms with Crippen LogP contribution in [0.5, 0.6) is 0 Å². The fourth-order valence-electron chi connectivity index (χ4n) is 2.62. The molecule has 0 bridgehead atoms. The van der Waals surface area contributed by atoms with Crippen molar-refractivity contribution in [3.63, 3.8) is 0 Å². The Balaban J connectivity index is 1.86. The van der Waals surface area contributed by atoms with Crippen LogP contribution < -0.4 is 10.6 Å². The molecule has 2 heterocycles. The van der Waals surface area contributed by atoms with Crippen molar-refractivity contribution in [1.29, 1.82) is 0 Å². The zero-order valence-corrected chi connectivity index (χ0v) is 13.0. The molecule has 0 unspecified atom stereocenters. The number of pyridine rings is 1. The van der Waals surface area contributed by atoms with Gasteiger partial charge in [-0.3, -0.25) is 9.88 Å². The summed E-state index contributed by atoms with van der Waals surface area (Å²) in [5.74, 6) is 0. The van der Waals surface area contributed by atoms with Crippen LogP contribution in [-0.4, -0.2) is 23.2 Å². The zero-order chi connectivity index (χ0) is 15.3. The first kappa shape index (κ1) is 14.3. The Morgan fingerprint density at radius 2 is 2.10 bits per heavy atom. The topological polar surface area (TPSA) is 68.5 Å². The lowest BCUT2D eigenvalue weighted by atomic mass is 10.1. The van der Waals surface area contributed by atoms with E-state index in [0.29, 0.717) is 6.54 Å². The summed E-state index contributed by atoms with van der Waals surface area (Å²) in [4.78, 5) is 18.7. The Bertz CT molecular complexity index is 573. The summed E-state index contributed by atoms with van der Waals surface area (Å²) in [5.41, 5.74) is 8.26. The van der Waals surface area contributed by atoms with Gasteiger partial charge < -0.3 is 10.5 Å². The molecule has 2 aliphatic rings. The van der Waals surface area contributed by atoms with Crippen LogP contribution in [0.25, 0.3) is 0 Å². The molecule has 114 valence electrons. The van der Waals surface area contributed by atoms with Gasteiger partial charge in [0.15, 0.2) is 0 Å². The van der Waals surface area contributed by atoms with Crippen molar-refractivity contribution in [2.24, 2.45) is 5.73 Å². The first-order valence-corrected chi connectivity index (χ1v) is 7.58. The first-order chi connectivity index (χ1) is 9.78. The maximum atomic E-state index is 12.3. The third-order valence-corrected chi connectivity index (χ3v) is 3.95. The molecule has 0 atom stereocenters. The van der Waals surface area contributed by atoms with Crippen LogP contribution in [0.2, 0.25) is 0 Å². The van der Waals surface area contributed by atoms with Gasteiger partial charge in [-0.05, 0) is 58.6 Å². The molecule has 0 spiro atoms. The van der Waals surface area contributed by atoms with E-state index in [1.807, 2.05) is 32.9 Å². The Morgan fingerprint density at radius 3 is 2.71 bits per heavy atom. The number of carbonyl (C=O) groups excluding carboxylic acids is 1. The van der Waals surface area contributed by atoms with E-state index in [2.05, 4.69) is 0 Å². The summed E-state index contributed by atoms with van der Waals surface area (Å²) in [5, 5.41) is 0. The Morgan fingerprint density at radius 1 is 1.38 bits per heavy atom. The molecule has 1 aromatic rings. The van der Waals surface area contributed by atoms with Gasteiger partial charge in [-0.25, -0.2) is 4.79 Å². The zero-order valence-electron chi connectivity index (χ0n) is 13.0. The van der Waals surface area contributed by atoms with Crippen LogP contribution in [0, 0.1) is 0 Å². The van der Waals surface area contributed by atoms with Crippen LogP contribution in [-0.2, 0) is 16.7 Å². The number of rotatable bonds is 1. The van der Waals surface area contributed by atoms with E-state index in [-0.39, 0.29) is 11.6 Å². The molecule has 0 saturated heterocycles. The number of anilines is 1. The van der Waals surface area contributed by atoms with Crippen molar-refractivity contribution in [3.8, 4) is 0 Å². The molecule has 5 heteroatoms. The number of hydrogen-bond acceptors (Lipinski definition) is 4. The van der Waals surface area contributed by atoms with Crippen LogP contribution in [0.4, 0.5) is 10.5 Å². The van der Waals surface area contributed by atoms with Crippen LogP contribution >= 0.6 is 0 Å². The van der Waals surface area contributed by atoms with Gasteiger partial charge >= 0.3 is 6.09 Å². The van der Waals surface area contributed by atoms with Crippen LogP contribution in [0.3, 0.4) is 0 Å². The van der Waals surface area contributed by atoms with Crippen LogP contribution in [0.1, 0.15) is 51.4 Å². The van der Waals surface area contributed by atoms with Crippen molar-refractivity contribution in [1.82, 2.24) is 4.98 Å². The SMILES string of the molecule is CC(C)(C)OC(=O)N1CCCc2nc(C3(N)CC3)ccc21. The number of nitrogens with two attached hydrogens (primary N) is 1. The monoisotopic (exact) mass is 289 g/mol. The average Bonchev–Trinajstić information content (AvgIpc) is 3.15. The van der Waals surface area contributed by atoms with Gasteiger partial charge in [-0.1, -0.05) is 0 Å². The van der Waals surface area contributed by atoms with Gasteiger partial charge in [0.25, 0.3) is 0 Å². The van der Waals surface area contributed by atoms with E-state index in [0.717, 1.165) is 42.8 Å². The maximum absolute atomic E-state index is 12.3. The maximum Gasteiger partial charge on any atom is 0.414 e. The average molecular weight is 289 g/mol. The lowest BCUT2D eigenvalue weighted by Gasteiger charge is -2.31. The van der Waals surface area contributed by atoms with Gasteiger partial charge in [0.1, 0.15) is 5.60 Å². The number of hydrogen-bond donors (Lipinski definition) is 1. The summed E-state index contributed by atoms with van der Waals surface area (Å²) in [6.45, 7) is 6.31. The summed E-state index contributed by atoms with van der Waals surface area (Å²) in [6, 6.07) is 3.92. The largest absolute Gasteiger partial charge is 0.443 e. The second kappa shape index (κ2) is 4.70. The second-order valence-electron chi connectivity index (χ2n) is 7.05. The molecule has 1 aliphatic carbocycles. The molecular formula is C16H23N3O2. The number of aromatic nitrogens is 1. The Labute approximate surface area is 125 Å². The normalized spacial score (nSPS) is 19.9. The molecule has 5 nitrogen and oxygen atoms in total. The van der Waals surface area contributed by atoms with Crippen molar-refractivity contribution in [2.45, 2.75) is 57.6 Å². The fraction of sp³-hybridized carbons (Fsp3) is 0.625. The molecule has 21 heavy (non-hydrogen) atoms. The van der Waals surface area contributed by atoms with E-state index in [1.165, 1.54) is 0 Å². The summed E-state index contributed by atoms with van der Waals surface area (Å²) >= 11 is 0. The van der Waals surface area contributed by atoms with E-state index in [4.69, 9.17) is 15.5 Å². The van der Waals surface area contributed by atoms with Gasteiger partial charge in [0, 0.05) is 6.54 Å². The standard InChI is InChI=1S/C16H23N3O2/c1-15(2,3)21-14(20)19-10-4-5-11-12(19)6-7-13(18-11)16(17)8-9-16/h6-7H,4-5,8-10,17H2,1-3H3. The highest BCUT2D eigenvalue weighted by atomic mass is 16.6. The number of amides is 1. The lowest BCUT2D eigenvalue weighted by molar-refractivity contribution is 0.0577. The highest BCUT2D eigenvalue weighted by Gasteiger charge is 2.42. The van der Waals surface area contributed by atoms with E-state index < -0.39 is 5.60 Å². The van der Waals surface area contributed by atoms with Gasteiger partial charge in [0.2, 0.25) is 0 Å². The number of carbonyl (C=O) groups is 1. The molecule has 1 amide bonds. The minimum atomic E-state index is -0.489. The van der Waals surface area contributed by atoms with Gasteiger partial charge in [0.05, 0.1) is 22.6 Å². The molecular weight excluding hydrogens is 266 g/mol. The highest BCUT2D eigenvalue weighted by Crippen LogP contribution is 2.42. The van der Waals surface area contributed by atoms with Crippen LogP contribution in [0.15, 0.2) is 12.1 Å². The number of fused-ring (bicyclic) bond motifs is 1. The van der Waals surface area contributed by atoms with Gasteiger partial charge in [-0.2, -0.15) is 0 Å². The number of aryl methyl sites for hydroxylation is 1. The van der Waals surface area contributed by atoms with Crippen molar-refractivity contribution in [2.75, 3.05) is 11.4 Å². The highest BCUT2D eigenvalue weighted by molar-refractivity contribution is 5.89. The quantitative estimate of drug-likeness (QED) is 0.863. The fourth-order valence-corrected chi connectivity index (χ4v) is 2.62. The second-order valence-corrected chi connectivity index (χ2v) is 7.05. The summed E-state index contributed by atoms with van der Waals surface area (Å²) in [6.07, 6.45) is 3.48. The van der Waals surface area contributed by atoms with Crippen molar-refractivity contribution in [3.05, 3.63) is 23.5 Å². The Hall–Kier alpha value is -1.62. The molecule has 1 fully saturated rings. The molecule has 0 aromatic carbocycles. The summed E-state index contributed by atoms with van der Waals surface area (Å²) < 4.78 is 5.48. The smallest absolute Gasteiger partial charge is 0.414 e. The number of nitrogens with zero attached hydrogens (tertiary/aromatic N) is 2. The summed E-state index contributed by atoms with van der Waals surface area (Å²) in [7, 11) is 0. The first-order valence-electron chi connectivity index (χ1n) is 7.58. The van der Waals surface area contributed by atoms with Crippen molar-refractivity contribution >= 4 is 11.8 Å². The minimum absolute atomic E-state index is 0.233. The predicted octanol–water partition coefficient (Wildman–Crippen LogP) is 2.72. The van der Waals surface area contributed by atoms with Gasteiger partial charge in [-0.15, -0.1) is 0 Å². The molecule has 1 aromatic heterocycles. The number of ether oxygens (including phenoxy) is 1. The minimum Gasteiger partial charge on any atom is -0.443 e. The Kier molecular flexibility index (Phi) is 3.20. The molecule has 3 rings (SSSR count). The van der Waals surface area contributed by atoms with E-state index >= 15 is 0 Å². The third kappa shape index (κ3) is 2.88. The van der Waals surface area contributed by atoms with Crippen molar-refractivity contribution < 1.29 is 9.53 Å². The third-order valence-electron chi connectivity index (χ3n) is 3.95. The molecule has 2 N–H and O–H groups in total. The predicted molar refractivity (Wildman–Crippen MR) is 81.2 cm³/mol. The molecule has 1 saturated carbocycles. The lowest BCUT2D eigenvalue weighted by Crippen LogP contribution is -2.40. The van der Waals surface area contributed by atoms with E-state index in [1.54, 1.807) is 4.90 Å². The van der Waals surface area contributed by atoms with E-state index in [9.17, 15) is 4.79 Å². The molecule has 0 radical (unpaired) electrons. The molecule has 1 aliphatic heterocycles.